The highest BCUT2D eigenvalue weighted by Gasteiger charge is 2.30. The van der Waals surface area contributed by atoms with Crippen molar-refractivity contribution in [1.82, 2.24) is 0 Å². The first-order valence-corrected chi connectivity index (χ1v) is 9.67. The summed E-state index contributed by atoms with van der Waals surface area (Å²) < 4.78 is 30.5. The van der Waals surface area contributed by atoms with Crippen LogP contribution < -0.4 is 14.4 Å². The zero-order valence-electron chi connectivity index (χ0n) is 14.9. The molecule has 1 amide bonds. The van der Waals surface area contributed by atoms with Crippen LogP contribution in [0.25, 0.3) is 0 Å². The molecule has 0 aromatic heterocycles. The highest BCUT2D eigenvalue weighted by molar-refractivity contribution is 7.92. The van der Waals surface area contributed by atoms with Crippen molar-refractivity contribution in [3.63, 3.8) is 0 Å². The minimum Gasteiger partial charge on any atom is -0.497 e. The van der Waals surface area contributed by atoms with Gasteiger partial charge in [-0.25, -0.2) is 8.42 Å². The summed E-state index contributed by atoms with van der Waals surface area (Å²) in [5.74, 6) is -0.0701. The Balaban J connectivity index is 2.34. The topological polar surface area (TPSA) is 119 Å². The molecule has 0 saturated carbocycles. The van der Waals surface area contributed by atoms with E-state index in [2.05, 4.69) is 5.32 Å². The number of nitro benzene ring substituents is 1. The molecule has 0 bridgehead atoms. The molecule has 1 atom stereocenters. The van der Waals surface area contributed by atoms with E-state index in [1.165, 1.54) is 32.2 Å². The molecule has 9 nitrogen and oxygen atoms in total. The van der Waals surface area contributed by atoms with Gasteiger partial charge in [-0.3, -0.25) is 19.2 Å². The summed E-state index contributed by atoms with van der Waals surface area (Å²) in [5.41, 5.74) is 0.181. The maximum absolute atomic E-state index is 12.6. The van der Waals surface area contributed by atoms with Crippen molar-refractivity contribution in [2.45, 2.75) is 13.0 Å². The predicted octanol–water partition coefficient (Wildman–Crippen LogP) is 2.40. The molecule has 144 valence electrons. The minimum absolute atomic E-state index is 0.0278. The second-order valence-corrected chi connectivity index (χ2v) is 7.59. The summed E-state index contributed by atoms with van der Waals surface area (Å²) in [5, 5.41) is 13.6. The van der Waals surface area contributed by atoms with Crippen molar-refractivity contribution < 1.29 is 22.9 Å². The fraction of sp³-hybridized carbons (Fsp3) is 0.235. The first-order valence-electron chi connectivity index (χ1n) is 7.82. The molecule has 0 heterocycles. The van der Waals surface area contributed by atoms with Gasteiger partial charge >= 0.3 is 0 Å². The Morgan fingerprint density at radius 2 is 1.89 bits per heavy atom. The van der Waals surface area contributed by atoms with Gasteiger partial charge in [0.05, 0.1) is 24.0 Å². The van der Waals surface area contributed by atoms with Crippen LogP contribution in [0.1, 0.15) is 6.92 Å². The zero-order chi connectivity index (χ0) is 20.2. The van der Waals surface area contributed by atoms with Crippen LogP contribution in [0.15, 0.2) is 48.5 Å². The van der Waals surface area contributed by atoms with Gasteiger partial charge in [-0.2, -0.15) is 0 Å². The number of carbonyl (C=O) groups excluding carboxylic acids is 1. The summed E-state index contributed by atoms with van der Waals surface area (Å²) in [6.45, 7) is 1.40. The molecule has 0 radical (unpaired) electrons. The lowest BCUT2D eigenvalue weighted by molar-refractivity contribution is -0.384. The van der Waals surface area contributed by atoms with Gasteiger partial charge in [-0.05, 0) is 25.1 Å². The number of hydrogen-bond donors (Lipinski definition) is 1. The monoisotopic (exact) mass is 393 g/mol. The third-order valence-electron chi connectivity index (χ3n) is 3.72. The number of hydrogen-bond acceptors (Lipinski definition) is 6. The highest BCUT2D eigenvalue weighted by atomic mass is 32.2. The maximum Gasteiger partial charge on any atom is 0.271 e. The molecular weight excluding hydrogens is 374 g/mol. The summed E-state index contributed by atoms with van der Waals surface area (Å²) in [6, 6.07) is 10.5. The summed E-state index contributed by atoms with van der Waals surface area (Å²) in [7, 11) is -2.40. The standard InChI is InChI=1S/C17H19N3O6S/c1-12(17(21)18-13-6-4-9-16(10-13)26-2)19(27(3,24)25)14-7-5-8-15(11-14)20(22)23/h4-12H,1-3H3,(H,18,21)/t12-/m1/s1. The molecule has 27 heavy (non-hydrogen) atoms. The van der Waals surface area contributed by atoms with Crippen LogP contribution in [0.2, 0.25) is 0 Å². The first kappa shape index (κ1) is 20.2. The number of benzene rings is 2. The number of rotatable bonds is 7. The molecule has 2 aromatic rings. The average molecular weight is 393 g/mol. The van der Waals surface area contributed by atoms with Crippen LogP contribution in [-0.4, -0.2) is 38.7 Å². The first-order chi connectivity index (χ1) is 12.6. The number of sulfonamides is 1. The number of anilines is 2. The van der Waals surface area contributed by atoms with Gasteiger partial charge in [0.2, 0.25) is 15.9 Å². The number of amides is 1. The molecule has 1 N–H and O–H groups in total. The van der Waals surface area contributed by atoms with Gasteiger partial charge in [0.25, 0.3) is 5.69 Å². The highest BCUT2D eigenvalue weighted by Crippen LogP contribution is 2.26. The number of nitro groups is 1. The number of ether oxygens (including phenoxy) is 1. The SMILES string of the molecule is COc1cccc(NC(=O)[C@@H](C)N(c2cccc([N+](=O)[O-])c2)S(C)(=O)=O)c1. The quantitative estimate of drug-likeness (QED) is 0.570. The van der Waals surface area contributed by atoms with E-state index in [1.54, 1.807) is 24.3 Å². The normalized spacial score (nSPS) is 12.1. The minimum atomic E-state index is -3.88. The van der Waals surface area contributed by atoms with E-state index in [4.69, 9.17) is 4.74 Å². The van der Waals surface area contributed by atoms with Crippen LogP contribution >= 0.6 is 0 Å². The Hall–Kier alpha value is -3.14. The summed E-state index contributed by atoms with van der Waals surface area (Å²) >= 11 is 0. The summed E-state index contributed by atoms with van der Waals surface area (Å²) in [4.78, 5) is 22.9. The number of nitrogens with zero attached hydrogens (tertiary/aromatic N) is 2. The molecule has 0 unspecified atom stereocenters. The summed E-state index contributed by atoms with van der Waals surface area (Å²) in [6.07, 6.45) is 0.932. The smallest absolute Gasteiger partial charge is 0.271 e. The van der Waals surface area contributed by atoms with Crippen molar-refractivity contribution in [2.24, 2.45) is 0 Å². The van der Waals surface area contributed by atoms with Crippen LogP contribution in [0.3, 0.4) is 0 Å². The Labute approximate surface area is 156 Å². The van der Waals surface area contributed by atoms with Crippen LogP contribution in [0.4, 0.5) is 17.1 Å². The van der Waals surface area contributed by atoms with Crippen LogP contribution in [-0.2, 0) is 14.8 Å². The fourth-order valence-corrected chi connectivity index (χ4v) is 3.67. The lowest BCUT2D eigenvalue weighted by Gasteiger charge is -2.28. The van der Waals surface area contributed by atoms with E-state index in [1.807, 2.05) is 0 Å². The van der Waals surface area contributed by atoms with Gasteiger partial charge in [-0.15, -0.1) is 0 Å². The molecule has 0 spiro atoms. The second kappa shape index (κ2) is 8.04. The molecule has 0 saturated heterocycles. The molecule has 10 heteroatoms. The van der Waals surface area contributed by atoms with Gasteiger partial charge in [0.1, 0.15) is 11.8 Å². The maximum atomic E-state index is 12.6. The third kappa shape index (κ3) is 4.94. The molecule has 0 aliphatic carbocycles. The van der Waals surface area contributed by atoms with E-state index in [9.17, 15) is 23.3 Å². The number of methoxy groups -OCH3 is 1. The van der Waals surface area contributed by atoms with E-state index in [0.29, 0.717) is 11.4 Å². The average Bonchev–Trinajstić information content (AvgIpc) is 2.61. The van der Waals surface area contributed by atoms with Crippen LogP contribution in [0, 0.1) is 10.1 Å². The molecule has 2 rings (SSSR count). The predicted molar refractivity (Wildman–Crippen MR) is 102 cm³/mol. The van der Waals surface area contributed by atoms with Gasteiger partial charge in [-0.1, -0.05) is 12.1 Å². The van der Waals surface area contributed by atoms with E-state index in [-0.39, 0.29) is 11.4 Å². The lowest BCUT2D eigenvalue weighted by Crippen LogP contribution is -2.45. The van der Waals surface area contributed by atoms with Crippen molar-refractivity contribution in [2.75, 3.05) is 23.0 Å². The fourth-order valence-electron chi connectivity index (χ4n) is 2.50. The Morgan fingerprint density at radius 3 is 2.48 bits per heavy atom. The molecule has 0 aliphatic heterocycles. The number of carbonyl (C=O) groups is 1. The molecule has 0 aliphatic rings. The van der Waals surface area contributed by atoms with Crippen molar-refractivity contribution in [1.29, 1.82) is 0 Å². The van der Waals surface area contributed by atoms with Gasteiger partial charge < -0.3 is 10.1 Å². The second-order valence-electron chi connectivity index (χ2n) is 5.73. The Bertz CT molecular complexity index is 961. The van der Waals surface area contributed by atoms with E-state index >= 15 is 0 Å². The molecular formula is C17H19N3O6S. The Morgan fingerprint density at radius 1 is 1.22 bits per heavy atom. The van der Waals surface area contributed by atoms with Gasteiger partial charge in [0, 0.05) is 23.9 Å². The molecule has 0 fully saturated rings. The van der Waals surface area contributed by atoms with E-state index in [0.717, 1.165) is 16.6 Å². The van der Waals surface area contributed by atoms with Crippen LogP contribution in [0.5, 0.6) is 5.75 Å². The number of nitrogens with one attached hydrogen (secondary N) is 1. The van der Waals surface area contributed by atoms with Gasteiger partial charge in [0.15, 0.2) is 0 Å². The zero-order valence-corrected chi connectivity index (χ0v) is 15.8. The van der Waals surface area contributed by atoms with E-state index < -0.39 is 26.9 Å². The largest absolute Gasteiger partial charge is 0.497 e. The Kier molecular flexibility index (Phi) is 6.01. The van der Waals surface area contributed by atoms with Crippen molar-refractivity contribution in [3.8, 4) is 5.75 Å². The number of non-ortho nitro benzene ring substituents is 1. The lowest BCUT2D eigenvalue weighted by atomic mass is 10.2. The van der Waals surface area contributed by atoms with Crippen molar-refractivity contribution in [3.05, 3.63) is 58.6 Å². The third-order valence-corrected chi connectivity index (χ3v) is 4.96. The molecule has 2 aromatic carbocycles. The van der Waals surface area contributed by atoms with Crippen molar-refractivity contribution >= 4 is 33.0 Å².